The quantitative estimate of drug-likeness (QED) is 0.435. The Morgan fingerprint density at radius 3 is 2.54 bits per heavy atom. The van der Waals surface area contributed by atoms with E-state index < -0.39 is 5.97 Å². The van der Waals surface area contributed by atoms with E-state index in [0.717, 1.165) is 10.8 Å². The van der Waals surface area contributed by atoms with Crippen LogP contribution in [0, 0.1) is 0 Å². The van der Waals surface area contributed by atoms with E-state index in [1.807, 2.05) is 30.3 Å². The Hall–Kier alpha value is -3.54. The smallest absolute Gasteiger partial charge is 0.339 e. The number of hydrogen-bond donors (Lipinski definition) is 4. The summed E-state index contributed by atoms with van der Waals surface area (Å²) in [5, 5.41) is 34.4. The zero-order chi connectivity index (χ0) is 17.1. The molecule has 0 atom stereocenters. The number of carboxylic acids is 1. The van der Waals surface area contributed by atoms with E-state index in [2.05, 4.69) is 10.5 Å². The standard InChI is InChI=1S/C18H14N2O4/c21-16-8-5-11-3-1-2-4-13(11)15(16)10-19-20-12-6-7-14(18(23)24)17(22)9-12/h1-10,20-22H,(H,23,24)/b19-10+. The number of fused-ring (bicyclic) bond motifs is 1. The molecule has 0 saturated carbocycles. The summed E-state index contributed by atoms with van der Waals surface area (Å²) in [6.45, 7) is 0. The van der Waals surface area contributed by atoms with Crippen LogP contribution in [0.25, 0.3) is 10.8 Å². The second-order valence-electron chi connectivity index (χ2n) is 5.13. The number of carboxylic acid groups (broad SMARTS) is 1. The molecule has 0 aliphatic carbocycles. The highest BCUT2D eigenvalue weighted by Crippen LogP contribution is 2.26. The van der Waals surface area contributed by atoms with Crippen molar-refractivity contribution in [2.24, 2.45) is 5.10 Å². The molecule has 120 valence electrons. The molecule has 0 aliphatic heterocycles. The van der Waals surface area contributed by atoms with Crippen LogP contribution in [0.3, 0.4) is 0 Å². The molecular formula is C18H14N2O4. The summed E-state index contributed by atoms with van der Waals surface area (Å²) < 4.78 is 0. The van der Waals surface area contributed by atoms with Gasteiger partial charge in [0.1, 0.15) is 17.1 Å². The largest absolute Gasteiger partial charge is 0.507 e. The van der Waals surface area contributed by atoms with Crippen LogP contribution in [0.5, 0.6) is 11.5 Å². The molecule has 3 aromatic rings. The molecule has 0 spiro atoms. The number of nitrogens with one attached hydrogen (secondary N) is 1. The lowest BCUT2D eigenvalue weighted by Gasteiger charge is -2.06. The third-order valence-electron chi connectivity index (χ3n) is 3.56. The molecule has 0 bridgehead atoms. The highest BCUT2D eigenvalue weighted by atomic mass is 16.4. The molecule has 0 radical (unpaired) electrons. The van der Waals surface area contributed by atoms with Gasteiger partial charge in [-0.05, 0) is 29.0 Å². The molecule has 0 heterocycles. The Balaban J connectivity index is 1.86. The number of hydrogen-bond acceptors (Lipinski definition) is 5. The van der Waals surface area contributed by atoms with E-state index in [-0.39, 0.29) is 17.1 Å². The number of rotatable bonds is 4. The van der Waals surface area contributed by atoms with Gasteiger partial charge in [-0.25, -0.2) is 4.79 Å². The summed E-state index contributed by atoms with van der Waals surface area (Å²) >= 11 is 0. The van der Waals surface area contributed by atoms with Crippen LogP contribution >= 0.6 is 0 Å². The van der Waals surface area contributed by atoms with Gasteiger partial charge < -0.3 is 15.3 Å². The van der Waals surface area contributed by atoms with Crippen molar-refractivity contribution in [2.75, 3.05) is 5.43 Å². The van der Waals surface area contributed by atoms with Gasteiger partial charge in [0.05, 0.1) is 11.9 Å². The van der Waals surface area contributed by atoms with Gasteiger partial charge in [-0.2, -0.15) is 5.10 Å². The minimum Gasteiger partial charge on any atom is -0.507 e. The van der Waals surface area contributed by atoms with E-state index in [0.29, 0.717) is 11.3 Å². The lowest BCUT2D eigenvalue weighted by atomic mass is 10.0. The summed E-state index contributed by atoms with van der Waals surface area (Å²) in [5.74, 6) is -1.46. The highest BCUT2D eigenvalue weighted by Gasteiger charge is 2.09. The van der Waals surface area contributed by atoms with Crippen molar-refractivity contribution in [2.45, 2.75) is 0 Å². The van der Waals surface area contributed by atoms with Crippen molar-refractivity contribution >= 4 is 28.6 Å². The van der Waals surface area contributed by atoms with E-state index in [1.54, 1.807) is 6.07 Å². The fourth-order valence-electron chi connectivity index (χ4n) is 2.37. The normalized spacial score (nSPS) is 11.0. The third-order valence-corrected chi connectivity index (χ3v) is 3.56. The number of carbonyl (C=O) groups is 1. The van der Waals surface area contributed by atoms with Crippen LogP contribution in [0.2, 0.25) is 0 Å². The molecule has 0 amide bonds. The second kappa shape index (κ2) is 6.29. The van der Waals surface area contributed by atoms with Crippen LogP contribution in [0.15, 0.2) is 59.7 Å². The summed E-state index contributed by atoms with van der Waals surface area (Å²) in [6, 6.07) is 15.0. The van der Waals surface area contributed by atoms with Gasteiger partial charge in [0.2, 0.25) is 0 Å². The average molecular weight is 322 g/mol. The molecular weight excluding hydrogens is 308 g/mol. The first-order valence-electron chi connectivity index (χ1n) is 7.12. The Kier molecular flexibility index (Phi) is 4.03. The molecule has 6 nitrogen and oxygen atoms in total. The molecule has 3 rings (SSSR count). The SMILES string of the molecule is O=C(O)c1ccc(N/N=C/c2c(O)ccc3ccccc23)cc1O. The van der Waals surface area contributed by atoms with Gasteiger partial charge in [-0.15, -0.1) is 0 Å². The molecule has 0 fully saturated rings. The highest BCUT2D eigenvalue weighted by molar-refractivity contribution is 6.02. The van der Waals surface area contributed by atoms with Gasteiger partial charge in [0.25, 0.3) is 0 Å². The second-order valence-corrected chi connectivity index (χ2v) is 5.13. The maximum atomic E-state index is 10.9. The van der Waals surface area contributed by atoms with E-state index in [4.69, 9.17) is 5.11 Å². The number of hydrazone groups is 1. The number of benzene rings is 3. The molecule has 4 N–H and O–H groups in total. The van der Waals surface area contributed by atoms with Crippen LogP contribution in [0.4, 0.5) is 5.69 Å². The van der Waals surface area contributed by atoms with Crippen molar-refractivity contribution in [3.05, 3.63) is 65.7 Å². The zero-order valence-electron chi connectivity index (χ0n) is 12.5. The third kappa shape index (κ3) is 2.98. The van der Waals surface area contributed by atoms with Crippen molar-refractivity contribution in [3.63, 3.8) is 0 Å². The zero-order valence-corrected chi connectivity index (χ0v) is 12.5. The van der Waals surface area contributed by atoms with E-state index >= 15 is 0 Å². The maximum Gasteiger partial charge on any atom is 0.339 e. The Labute approximate surface area is 137 Å². The molecule has 3 aromatic carbocycles. The summed E-state index contributed by atoms with van der Waals surface area (Å²) in [4.78, 5) is 10.9. The predicted molar refractivity (Wildman–Crippen MR) is 91.9 cm³/mol. The number of nitrogens with zero attached hydrogens (tertiary/aromatic N) is 1. The first kappa shape index (κ1) is 15.4. The minimum atomic E-state index is -1.21. The van der Waals surface area contributed by atoms with Gasteiger partial charge in [-0.3, -0.25) is 5.43 Å². The summed E-state index contributed by atoms with van der Waals surface area (Å²) in [7, 11) is 0. The number of anilines is 1. The first-order chi connectivity index (χ1) is 11.6. The predicted octanol–water partition coefficient (Wildman–Crippen LogP) is 3.40. The Bertz CT molecular complexity index is 951. The topological polar surface area (TPSA) is 102 Å². The maximum absolute atomic E-state index is 10.9. The number of aromatic carboxylic acids is 1. The monoisotopic (exact) mass is 322 g/mol. The van der Waals surface area contributed by atoms with Gasteiger partial charge in [-0.1, -0.05) is 30.3 Å². The van der Waals surface area contributed by atoms with Crippen LogP contribution < -0.4 is 5.43 Å². The molecule has 0 unspecified atom stereocenters. The van der Waals surface area contributed by atoms with Crippen molar-refractivity contribution in [1.82, 2.24) is 0 Å². The van der Waals surface area contributed by atoms with Crippen molar-refractivity contribution in [1.29, 1.82) is 0 Å². The van der Waals surface area contributed by atoms with Gasteiger partial charge >= 0.3 is 5.97 Å². The Morgan fingerprint density at radius 2 is 1.79 bits per heavy atom. The lowest BCUT2D eigenvalue weighted by Crippen LogP contribution is -1.98. The molecule has 0 saturated heterocycles. The Morgan fingerprint density at radius 1 is 1.00 bits per heavy atom. The lowest BCUT2D eigenvalue weighted by molar-refractivity contribution is 0.0694. The van der Waals surface area contributed by atoms with Gasteiger partial charge in [0, 0.05) is 11.6 Å². The molecule has 24 heavy (non-hydrogen) atoms. The van der Waals surface area contributed by atoms with Crippen molar-refractivity contribution in [3.8, 4) is 11.5 Å². The van der Waals surface area contributed by atoms with Crippen LogP contribution in [-0.2, 0) is 0 Å². The van der Waals surface area contributed by atoms with E-state index in [9.17, 15) is 15.0 Å². The molecule has 0 aliphatic rings. The van der Waals surface area contributed by atoms with Gasteiger partial charge in [0.15, 0.2) is 0 Å². The average Bonchev–Trinajstić information content (AvgIpc) is 2.56. The minimum absolute atomic E-state index is 0.100. The fourth-order valence-corrected chi connectivity index (χ4v) is 2.37. The first-order valence-corrected chi connectivity index (χ1v) is 7.12. The number of phenols is 2. The number of aromatic hydroxyl groups is 2. The summed E-state index contributed by atoms with van der Waals surface area (Å²) in [6.07, 6.45) is 1.47. The van der Waals surface area contributed by atoms with Crippen LogP contribution in [-0.4, -0.2) is 27.5 Å². The van der Waals surface area contributed by atoms with Crippen LogP contribution in [0.1, 0.15) is 15.9 Å². The summed E-state index contributed by atoms with van der Waals surface area (Å²) in [5.41, 5.74) is 3.50. The van der Waals surface area contributed by atoms with E-state index in [1.165, 1.54) is 24.4 Å². The fraction of sp³-hybridized carbons (Fsp3) is 0. The van der Waals surface area contributed by atoms with Crippen molar-refractivity contribution < 1.29 is 20.1 Å². The number of phenolic OH excluding ortho intramolecular Hbond substituents is 1. The molecule has 6 heteroatoms. The molecule has 0 aromatic heterocycles.